The summed E-state index contributed by atoms with van der Waals surface area (Å²) in [4.78, 5) is 26.8. The van der Waals surface area contributed by atoms with Gasteiger partial charge in [0.2, 0.25) is 0 Å². The van der Waals surface area contributed by atoms with E-state index in [0.717, 1.165) is 47.0 Å². The summed E-state index contributed by atoms with van der Waals surface area (Å²) in [7, 11) is 4.00. The second kappa shape index (κ2) is 10.5. The number of hydrogen-bond donors (Lipinski definition) is 0. The van der Waals surface area contributed by atoms with E-state index < -0.39 is 5.97 Å². The molecule has 1 unspecified atom stereocenters. The number of halogens is 1. The van der Waals surface area contributed by atoms with Gasteiger partial charge in [0.05, 0.1) is 0 Å². The number of ether oxygens (including phenoxy) is 1. The Balaban J connectivity index is 1.60. The van der Waals surface area contributed by atoms with E-state index in [2.05, 4.69) is 20.8 Å². The maximum atomic E-state index is 12.7. The third-order valence-corrected chi connectivity index (χ3v) is 5.52. The highest BCUT2D eigenvalue weighted by Crippen LogP contribution is 2.27. The predicted molar refractivity (Wildman–Crippen MR) is 124 cm³/mol. The van der Waals surface area contributed by atoms with E-state index >= 15 is 0 Å². The monoisotopic (exact) mass is 467 g/mol. The molecule has 0 radical (unpaired) electrons. The van der Waals surface area contributed by atoms with Crippen LogP contribution in [0.2, 0.25) is 0 Å². The molecule has 0 aromatic heterocycles. The molecule has 3 rings (SSSR count). The molecule has 0 amide bonds. The van der Waals surface area contributed by atoms with Crippen LogP contribution in [0, 0.1) is 5.92 Å². The third-order valence-electron chi connectivity index (χ3n) is 4.99. The standard InChI is InChI=1S/C25H26BrNO3/c1-27(2)17-21-5-3-4-20(25(21)29)16-19-8-13-23(14-9-19)30-24(28)15-10-18-6-11-22(26)12-7-18/h6-16,21H,3-5,17H2,1-2H3/b15-10+,20-16-. The number of esters is 1. The van der Waals surface area contributed by atoms with Gasteiger partial charge in [0, 0.05) is 23.0 Å². The fourth-order valence-corrected chi connectivity index (χ4v) is 3.80. The van der Waals surface area contributed by atoms with Crippen LogP contribution in [0.15, 0.2) is 64.7 Å². The van der Waals surface area contributed by atoms with Gasteiger partial charge in [-0.25, -0.2) is 4.79 Å². The Hall–Kier alpha value is -2.50. The molecule has 1 saturated carbocycles. The largest absolute Gasteiger partial charge is 0.423 e. The lowest BCUT2D eigenvalue weighted by Gasteiger charge is -2.25. The van der Waals surface area contributed by atoms with E-state index in [1.54, 1.807) is 18.2 Å². The highest BCUT2D eigenvalue weighted by molar-refractivity contribution is 9.10. The third kappa shape index (κ3) is 6.51. The van der Waals surface area contributed by atoms with Gasteiger partial charge in [-0.1, -0.05) is 40.2 Å². The molecule has 1 aliphatic carbocycles. The Morgan fingerprint density at radius 1 is 1.10 bits per heavy atom. The van der Waals surface area contributed by atoms with Crippen molar-refractivity contribution in [1.29, 1.82) is 0 Å². The Morgan fingerprint density at radius 2 is 1.77 bits per heavy atom. The summed E-state index contributed by atoms with van der Waals surface area (Å²) in [5.41, 5.74) is 2.74. The minimum absolute atomic E-state index is 0.0812. The molecule has 0 aliphatic heterocycles. The zero-order valence-electron chi connectivity index (χ0n) is 17.3. The molecular formula is C25H26BrNO3. The van der Waals surface area contributed by atoms with Crippen LogP contribution < -0.4 is 4.74 Å². The Kier molecular flexibility index (Phi) is 7.77. The smallest absolute Gasteiger partial charge is 0.336 e. The van der Waals surface area contributed by atoms with Gasteiger partial charge in [0.1, 0.15) is 5.75 Å². The summed E-state index contributed by atoms with van der Waals surface area (Å²) < 4.78 is 6.35. The number of Topliss-reactive ketones (excluding diaryl/α,β-unsaturated/α-hetero) is 1. The zero-order valence-corrected chi connectivity index (χ0v) is 18.9. The number of benzene rings is 2. The first-order valence-corrected chi connectivity index (χ1v) is 10.8. The van der Waals surface area contributed by atoms with Gasteiger partial charge in [-0.2, -0.15) is 0 Å². The molecule has 4 nitrogen and oxygen atoms in total. The Morgan fingerprint density at radius 3 is 2.43 bits per heavy atom. The van der Waals surface area contributed by atoms with Gasteiger partial charge >= 0.3 is 5.97 Å². The average molecular weight is 468 g/mol. The van der Waals surface area contributed by atoms with Gasteiger partial charge < -0.3 is 9.64 Å². The van der Waals surface area contributed by atoms with Gasteiger partial charge in [-0.3, -0.25) is 4.79 Å². The topological polar surface area (TPSA) is 46.6 Å². The summed E-state index contributed by atoms with van der Waals surface area (Å²) in [5, 5.41) is 0. The molecule has 1 atom stereocenters. The molecule has 1 fully saturated rings. The minimum Gasteiger partial charge on any atom is -0.423 e. The van der Waals surface area contributed by atoms with Crippen LogP contribution in [-0.2, 0) is 9.59 Å². The number of nitrogens with zero attached hydrogens (tertiary/aromatic N) is 1. The average Bonchev–Trinajstić information content (AvgIpc) is 2.72. The van der Waals surface area contributed by atoms with Crippen LogP contribution in [0.25, 0.3) is 12.2 Å². The van der Waals surface area contributed by atoms with Crippen molar-refractivity contribution >= 4 is 39.8 Å². The van der Waals surface area contributed by atoms with Crippen LogP contribution in [0.3, 0.4) is 0 Å². The first kappa shape index (κ1) is 22.2. The van der Waals surface area contributed by atoms with Crippen LogP contribution in [0.4, 0.5) is 0 Å². The molecule has 2 aromatic rings. The second-order valence-electron chi connectivity index (χ2n) is 7.76. The van der Waals surface area contributed by atoms with Crippen molar-refractivity contribution in [3.63, 3.8) is 0 Å². The molecule has 1 aliphatic rings. The summed E-state index contributed by atoms with van der Waals surface area (Å²) in [6.07, 6.45) is 7.90. The molecule has 5 heteroatoms. The molecule has 0 heterocycles. The summed E-state index contributed by atoms with van der Waals surface area (Å²) in [6, 6.07) is 14.9. The second-order valence-corrected chi connectivity index (χ2v) is 8.68. The molecule has 0 saturated heterocycles. The molecule has 0 spiro atoms. The van der Waals surface area contributed by atoms with E-state index in [4.69, 9.17) is 4.74 Å². The normalized spacial score (nSPS) is 18.3. The van der Waals surface area contributed by atoms with Crippen LogP contribution in [-0.4, -0.2) is 37.3 Å². The molecule has 0 bridgehead atoms. The van der Waals surface area contributed by atoms with Gasteiger partial charge in [0.25, 0.3) is 0 Å². The van der Waals surface area contributed by atoms with Crippen molar-refractivity contribution in [3.05, 3.63) is 75.8 Å². The molecular weight excluding hydrogens is 442 g/mol. The van der Waals surface area contributed by atoms with Crippen LogP contribution in [0.5, 0.6) is 5.75 Å². The van der Waals surface area contributed by atoms with Gasteiger partial charge in [-0.15, -0.1) is 0 Å². The molecule has 2 aromatic carbocycles. The maximum Gasteiger partial charge on any atom is 0.336 e. The first-order valence-electron chi connectivity index (χ1n) is 10.1. The van der Waals surface area contributed by atoms with Crippen molar-refractivity contribution in [1.82, 2.24) is 4.90 Å². The van der Waals surface area contributed by atoms with Gasteiger partial charge in [-0.05, 0) is 86.5 Å². The lowest BCUT2D eigenvalue weighted by atomic mass is 9.83. The maximum absolute atomic E-state index is 12.7. The molecule has 30 heavy (non-hydrogen) atoms. The van der Waals surface area contributed by atoms with Crippen molar-refractivity contribution < 1.29 is 14.3 Å². The minimum atomic E-state index is -0.432. The van der Waals surface area contributed by atoms with E-state index in [0.29, 0.717) is 5.75 Å². The van der Waals surface area contributed by atoms with Crippen molar-refractivity contribution in [2.75, 3.05) is 20.6 Å². The number of allylic oxidation sites excluding steroid dienone is 1. The van der Waals surface area contributed by atoms with Crippen molar-refractivity contribution in [2.24, 2.45) is 5.92 Å². The Labute approximate surface area is 186 Å². The number of hydrogen-bond acceptors (Lipinski definition) is 4. The number of carbonyl (C=O) groups is 2. The SMILES string of the molecule is CN(C)CC1CCC/C(=C/c2ccc(OC(=O)/C=C/c3ccc(Br)cc3)cc2)C1=O. The first-order chi connectivity index (χ1) is 14.4. The van der Waals surface area contributed by atoms with E-state index in [9.17, 15) is 9.59 Å². The van der Waals surface area contributed by atoms with Crippen molar-refractivity contribution in [3.8, 4) is 5.75 Å². The van der Waals surface area contributed by atoms with Crippen LogP contribution in [0.1, 0.15) is 30.4 Å². The highest BCUT2D eigenvalue weighted by Gasteiger charge is 2.26. The van der Waals surface area contributed by atoms with E-state index in [-0.39, 0.29) is 11.7 Å². The van der Waals surface area contributed by atoms with Crippen molar-refractivity contribution in [2.45, 2.75) is 19.3 Å². The van der Waals surface area contributed by atoms with Gasteiger partial charge in [0.15, 0.2) is 5.78 Å². The lowest BCUT2D eigenvalue weighted by molar-refractivity contribution is -0.129. The summed E-state index contributed by atoms with van der Waals surface area (Å²) >= 11 is 3.38. The number of carbonyl (C=O) groups excluding carboxylic acids is 2. The fraction of sp³-hybridized carbons (Fsp3) is 0.280. The zero-order chi connectivity index (χ0) is 21.5. The highest BCUT2D eigenvalue weighted by atomic mass is 79.9. The van der Waals surface area contributed by atoms with Crippen LogP contribution >= 0.6 is 15.9 Å². The van der Waals surface area contributed by atoms with E-state index in [1.165, 1.54) is 6.08 Å². The Bertz CT molecular complexity index is 943. The summed E-state index contributed by atoms with van der Waals surface area (Å²) in [6.45, 7) is 0.791. The number of ketones is 1. The predicted octanol–water partition coefficient (Wildman–Crippen LogP) is 5.38. The molecule has 0 N–H and O–H groups in total. The van der Waals surface area contributed by atoms with E-state index in [1.807, 2.05) is 56.6 Å². The quantitative estimate of drug-likeness (QED) is 0.324. The fourth-order valence-electron chi connectivity index (χ4n) is 3.54. The lowest BCUT2D eigenvalue weighted by Crippen LogP contribution is -2.31. The molecule has 156 valence electrons. The number of rotatable bonds is 6. The summed E-state index contributed by atoms with van der Waals surface area (Å²) in [5.74, 6) is 0.377.